The number of rotatable bonds is 3. The van der Waals surface area contributed by atoms with Gasteiger partial charge in [0.1, 0.15) is 5.76 Å². The van der Waals surface area contributed by atoms with Gasteiger partial charge in [0.25, 0.3) is 0 Å². The maximum Gasteiger partial charge on any atom is 0.211 e. The first-order chi connectivity index (χ1) is 10.3. The molecule has 1 atom stereocenters. The van der Waals surface area contributed by atoms with Crippen molar-refractivity contribution in [3.8, 4) is 0 Å². The highest BCUT2D eigenvalue weighted by atomic mass is 32.2. The molecule has 3 heterocycles. The Kier molecular flexibility index (Phi) is 4.07. The molecule has 1 spiro atoms. The second-order valence-corrected chi connectivity index (χ2v) is 8.69. The first-order valence-corrected chi connectivity index (χ1v) is 9.79. The number of aromatic nitrogens is 1. The monoisotopic (exact) mass is 327 g/mol. The van der Waals surface area contributed by atoms with Crippen LogP contribution in [0.25, 0.3) is 0 Å². The van der Waals surface area contributed by atoms with Crippen LogP contribution in [0.2, 0.25) is 0 Å². The molecule has 2 aliphatic heterocycles. The molecule has 0 aliphatic carbocycles. The van der Waals surface area contributed by atoms with Gasteiger partial charge in [-0.3, -0.25) is 4.90 Å². The van der Waals surface area contributed by atoms with E-state index in [-0.39, 0.29) is 5.54 Å². The molecular weight excluding hydrogens is 302 g/mol. The van der Waals surface area contributed by atoms with Gasteiger partial charge >= 0.3 is 0 Å². The van der Waals surface area contributed by atoms with Crippen LogP contribution in [0.3, 0.4) is 0 Å². The van der Waals surface area contributed by atoms with Crippen molar-refractivity contribution in [1.82, 2.24) is 14.4 Å². The molecule has 2 fully saturated rings. The lowest BCUT2D eigenvalue weighted by Gasteiger charge is -2.44. The second-order valence-electron chi connectivity index (χ2n) is 6.78. The maximum absolute atomic E-state index is 12.1. The lowest BCUT2D eigenvalue weighted by atomic mass is 9.87. The molecule has 3 rings (SSSR count). The van der Waals surface area contributed by atoms with Gasteiger partial charge in [-0.1, -0.05) is 5.16 Å². The normalized spacial score (nSPS) is 27.8. The largest absolute Gasteiger partial charge is 0.361 e. The summed E-state index contributed by atoms with van der Waals surface area (Å²) in [4.78, 5) is 2.36. The van der Waals surface area contributed by atoms with Crippen molar-refractivity contribution in [3.63, 3.8) is 0 Å². The van der Waals surface area contributed by atoms with E-state index < -0.39 is 10.0 Å². The standard InChI is InChI=1S/C15H25N3O3S/c1-12-14(13(2)21-16-12)10-17-8-4-6-15(11-17)7-5-9-18(15)22(3,19)20/h4-11H2,1-3H3/t15-/m0/s1. The zero-order valence-corrected chi connectivity index (χ0v) is 14.4. The van der Waals surface area contributed by atoms with Crippen LogP contribution < -0.4 is 0 Å². The van der Waals surface area contributed by atoms with E-state index in [2.05, 4.69) is 10.1 Å². The highest BCUT2D eigenvalue weighted by molar-refractivity contribution is 7.88. The van der Waals surface area contributed by atoms with Crippen LogP contribution in [-0.2, 0) is 16.6 Å². The summed E-state index contributed by atoms with van der Waals surface area (Å²) < 4.78 is 31.2. The fraction of sp³-hybridized carbons (Fsp3) is 0.800. The summed E-state index contributed by atoms with van der Waals surface area (Å²) >= 11 is 0. The summed E-state index contributed by atoms with van der Waals surface area (Å²) in [5.74, 6) is 0.864. The fourth-order valence-corrected chi connectivity index (χ4v) is 5.54. The molecule has 0 aromatic carbocycles. The molecule has 6 nitrogen and oxygen atoms in total. The minimum atomic E-state index is -3.14. The Hall–Kier alpha value is -0.920. The van der Waals surface area contributed by atoms with Crippen LogP contribution in [-0.4, -0.2) is 54.2 Å². The number of sulfonamides is 1. The van der Waals surface area contributed by atoms with E-state index in [9.17, 15) is 8.42 Å². The van der Waals surface area contributed by atoms with Crippen molar-refractivity contribution in [2.24, 2.45) is 0 Å². The first kappa shape index (κ1) is 16.0. The van der Waals surface area contributed by atoms with Gasteiger partial charge in [-0.15, -0.1) is 0 Å². The Labute approximate surface area is 132 Å². The maximum atomic E-state index is 12.1. The Bertz CT molecular complexity index is 635. The van der Waals surface area contributed by atoms with E-state index >= 15 is 0 Å². The molecule has 1 aromatic heterocycles. The minimum absolute atomic E-state index is 0.204. The van der Waals surface area contributed by atoms with Crippen LogP contribution in [0.1, 0.15) is 42.7 Å². The number of nitrogens with zero attached hydrogens (tertiary/aromatic N) is 3. The zero-order chi connectivity index (χ0) is 16.0. The summed E-state index contributed by atoms with van der Waals surface area (Å²) in [6, 6.07) is 0. The van der Waals surface area contributed by atoms with Crippen LogP contribution in [0, 0.1) is 13.8 Å². The lowest BCUT2D eigenvalue weighted by molar-refractivity contribution is 0.0837. The van der Waals surface area contributed by atoms with Gasteiger partial charge in [0.2, 0.25) is 10.0 Å². The Balaban J connectivity index is 1.80. The summed E-state index contributed by atoms with van der Waals surface area (Å²) in [6.07, 6.45) is 5.28. The van der Waals surface area contributed by atoms with Crippen LogP contribution in [0.4, 0.5) is 0 Å². The Morgan fingerprint density at radius 1 is 1.23 bits per heavy atom. The third-order valence-electron chi connectivity index (χ3n) is 5.13. The highest BCUT2D eigenvalue weighted by Gasteiger charge is 2.47. The van der Waals surface area contributed by atoms with E-state index in [4.69, 9.17) is 4.52 Å². The topological polar surface area (TPSA) is 66.7 Å². The zero-order valence-electron chi connectivity index (χ0n) is 13.6. The van der Waals surface area contributed by atoms with Gasteiger partial charge in [0.15, 0.2) is 0 Å². The minimum Gasteiger partial charge on any atom is -0.361 e. The molecule has 0 saturated carbocycles. The number of hydrogen-bond donors (Lipinski definition) is 0. The van der Waals surface area contributed by atoms with E-state index in [1.165, 1.54) is 6.26 Å². The molecule has 0 bridgehead atoms. The van der Waals surface area contributed by atoms with E-state index in [0.717, 1.165) is 62.3 Å². The van der Waals surface area contributed by atoms with Crippen molar-refractivity contribution in [2.45, 2.75) is 51.6 Å². The highest BCUT2D eigenvalue weighted by Crippen LogP contribution is 2.39. The molecule has 2 aliphatic rings. The predicted octanol–water partition coefficient (Wildman–Crippen LogP) is 1.68. The molecule has 0 unspecified atom stereocenters. The van der Waals surface area contributed by atoms with Crippen LogP contribution in [0.15, 0.2) is 4.52 Å². The molecule has 7 heteroatoms. The van der Waals surface area contributed by atoms with Crippen LogP contribution in [0.5, 0.6) is 0 Å². The third kappa shape index (κ3) is 2.81. The van der Waals surface area contributed by atoms with Crippen molar-refractivity contribution in [1.29, 1.82) is 0 Å². The predicted molar refractivity (Wildman–Crippen MR) is 84.0 cm³/mol. The summed E-state index contributed by atoms with van der Waals surface area (Å²) in [5, 5.41) is 4.02. The van der Waals surface area contributed by atoms with E-state index in [1.54, 1.807) is 4.31 Å². The molecule has 0 amide bonds. The number of likely N-dealkylation sites (tertiary alicyclic amines) is 1. The molecule has 124 valence electrons. The molecule has 1 aromatic rings. The number of piperidine rings is 1. The quantitative estimate of drug-likeness (QED) is 0.845. The molecular formula is C15H25N3O3S. The van der Waals surface area contributed by atoms with Crippen molar-refractivity contribution in [2.75, 3.05) is 25.9 Å². The van der Waals surface area contributed by atoms with Crippen molar-refractivity contribution >= 4 is 10.0 Å². The van der Waals surface area contributed by atoms with Gasteiger partial charge in [-0.05, 0) is 46.1 Å². The van der Waals surface area contributed by atoms with Crippen LogP contribution >= 0.6 is 0 Å². The first-order valence-electron chi connectivity index (χ1n) is 7.94. The Morgan fingerprint density at radius 3 is 2.50 bits per heavy atom. The summed E-state index contributed by atoms with van der Waals surface area (Å²) in [7, 11) is -3.14. The lowest BCUT2D eigenvalue weighted by Crippen LogP contribution is -2.56. The van der Waals surface area contributed by atoms with E-state index in [1.807, 2.05) is 13.8 Å². The number of hydrogen-bond acceptors (Lipinski definition) is 5. The average molecular weight is 327 g/mol. The van der Waals surface area contributed by atoms with Gasteiger partial charge < -0.3 is 4.52 Å². The smallest absolute Gasteiger partial charge is 0.211 e. The van der Waals surface area contributed by atoms with Crippen molar-refractivity contribution in [3.05, 3.63) is 17.0 Å². The van der Waals surface area contributed by atoms with Gasteiger partial charge in [0, 0.05) is 30.7 Å². The summed E-state index contributed by atoms with van der Waals surface area (Å²) in [6.45, 7) is 7.17. The Morgan fingerprint density at radius 2 is 1.91 bits per heavy atom. The third-order valence-corrected chi connectivity index (χ3v) is 6.50. The second kappa shape index (κ2) is 5.62. The van der Waals surface area contributed by atoms with Gasteiger partial charge in [-0.2, -0.15) is 4.31 Å². The van der Waals surface area contributed by atoms with E-state index in [0.29, 0.717) is 6.54 Å². The molecule has 2 saturated heterocycles. The summed E-state index contributed by atoms with van der Waals surface area (Å²) in [5.41, 5.74) is 1.87. The van der Waals surface area contributed by atoms with Crippen molar-refractivity contribution < 1.29 is 12.9 Å². The average Bonchev–Trinajstić information content (AvgIpc) is 2.97. The fourth-order valence-electron chi connectivity index (χ4n) is 4.13. The number of aryl methyl sites for hydroxylation is 2. The molecule has 0 radical (unpaired) electrons. The molecule has 0 N–H and O–H groups in total. The van der Waals surface area contributed by atoms with Gasteiger partial charge in [0.05, 0.1) is 11.9 Å². The van der Waals surface area contributed by atoms with Gasteiger partial charge in [-0.25, -0.2) is 8.42 Å². The SMILES string of the molecule is Cc1noc(C)c1CN1CCC[C@]2(CCCN2S(C)(=O)=O)C1. The molecule has 22 heavy (non-hydrogen) atoms.